The Bertz CT molecular complexity index is 990. The molecular formula is C23H19Cl2NO3. The van der Waals surface area contributed by atoms with Gasteiger partial charge in [-0.2, -0.15) is 0 Å². The average molecular weight is 428 g/mol. The van der Waals surface area contributed by atoms with Gasteiger partial charge < -0.3 is 14.8 Å². The normalized spacial score (nSPS) is 16.1. The number of para-hydroxylation sites is 2. The van der Waals surface area contributed by atoms with Crippen molar-refractivity contribution in [1.82, 2.24) is 5.32 Å². The maximum atomic E-state index is 12.7. The highest BCUT2D eigenvalue weighted by Crippen LogP contribution is 2.32. The number of nitrogens with one attached hydrogen (secondary N) is 1. The first-order valence-corrected chi connectivity index (χ1v) is 10.0. The fraction of sp³-hybridized carbons (Fsp3) is 0.174. The molecule has 1 amide bonds. The standard InChI is InChI=1S/C23H19Cl2NO3/c24-17-10-16(11-18(25)12-17)19(15-6-2-1-3-7-15)13-26-23(27)22-14-28-20-8-4-5-9-21(20)29-22/h1-12,19,22H,13-14H2,(H,26,27). The zero-order valence-electron chi connectivity index (χ0n) is 15.5. The Morgan fingerprint density at radius 3 is 2.31 bits per heavy atom. The van der Waals surface area contributed by atoms with Gasteiger partial charge >= 0.3 is 0 Å². The second kappa shape index (κ2) is 8.76. The van der Waals surface area contributed by atoms with Crippen molar-refractivity contribution in [3.05, 3.63) is 94.0 Å². The second-order valence-electron chi connectivity index (χ2n) is 6.78. The Hall–Kier alpha value is -2.69. The molecule has 1 heterocycles. The third-order valence-electron chi connectivity index (χ3n) is 4.77. The topological polar surface area (TPSA) is 47.6 Å². The van der Waals surface area contributed by atoms with Crippen LogP contribution >= 0.6 is 23.2 Å². The van der Waals surface area contributed by atoms with Crippen LogP contribution in [0.4, 0.5) is 0 Å². The largest absolute Gasteiger partial charge is 0.485 e. The molecule has 2 atom stereocenters. The van der Waals surface area contributed by atoms with Crippen LogP contribution in [0.3, 0.4) is 0 Å². The maximum absolute atomic E-state index is 12.7. The van der Waals surface area contributed by atoms with Gasteiger partial charge in [0.25, 0.3) is 5.91 Å². The van der Waals surface area contributed by atoms with Gasteiger partial charge in [-0.1, -0.05) is 65.7 Å². The molecule has 0 aliphatic carbocycles. The number of hydrogen-bond donors (Lipinski definition) is 1. The smallest absolute Gasteiger partial charge is 0.264 e. The van der Waals surface area contributed by atoms with Crippen molar-refractivity contribution in [3.8, 4) is 11.5 Å². The van der Waals surface area contributed by atoms with Crippen LogP contribution in [0.25, 0.3) is 0 Å². The number of ether oxygens (including phenoxy) is 2. The Balaban J connectivity index is 1.50. The van der Waals surface area contributed by atoms with Crippen LogP contribution in [0.2, 0.25) is 10.0 Å². The van der Waals surface area contributed by atoms with Gasteiger partial charge in [0.1, 0.15) is 6.61 Å². The summed E-state index contributed by atoms with van der Waals surface area (Å²) in [6.07, 6.45) is -0.704. The first-order valence-electron chi connectivity index (χ1n) is 9.27. The van der Waals surface area contributed by atoms with E-state index in [1.807, 2.05) is 60.7 Å². The van der Waals surface area contributed by atoms with E-state index in [0.29, 0.717) is 28.1 Å². The minimum absolute atomic E-state index is 0.104. The van der Waals surface area contributed by atoms with Crippen LogP contribution in [-0.2, 0) is 4.79 Å². The van der Waals surface area contributed by atoms with Gasteiger partial charge in [0.05, 0.1) is 0 Å². The molecule has 0 fully saturated rings. The lowest BCUT2D eigenvalue weighted by Crippen LogP contribution is -2.45. The van der Waals surface area contributed by atoms with Crippen molar-refractivity contribution in [3.63, 3.8) is 0 Å². The van der Waals surface area contributed by atoms with Crippen LogP contribution in [0.1, 0.15) is 17.0 Å². The first-order chi connectivity index (χ1) is 14.1. The lowest BCUT2D eigenvalue weighted by atomic mass is 9.91. The summed E-state index contributed by atoms with van der Waals surface area (Å²) < 4.78 is 11.4. The number of carbonyl (C=O) groups excluding carboxylic acids is 1. The van der Waals surface area contributed by atoms with E-state index >= 15 is 0 Å². The number of amides is 1. The summed E-state index contributed by atoms with van der Waals surface area (Å²) in [6, 6.07) is 22.7. The van der Waals surface area contributed by atoms with Gasteiger partial charge in [-0.25, -0.2) is 0 Å². The summed E-state index contributed by atoms with van der Waals surface area (Å²) in [7, 11) is 0. The van der Waals surface area contributed by atoms with Crippen LogP contribution in [0, 0.1) is 0 Å². The van der Waals surface area contributed by atoms with E-state index in [-0.39, 0.29) is 18.4 Å². The molecular weight excluding hydrogens is 409 g/mol. The van der Waals surface area contributed by atoms with Crippen LogP contribution < -0.4 is 14.8 Å². The molecule has 3 aromatic carbocycles. The van der Waals surface area contributed by atoms with E-state index in [1.165, 1.54) is 0 Å². The molecule has 0 bridgehead atoms. The van der Waals surface area contributed by atoms with Gasteiger partial charge in [0, 0.05) is 22.5 Å². The number of rotatable bonds is 5. The Morgan fingerprint density at radius 2 is 1.59 bits per heavy atom. The highest BCUT2D eigenvalue weighted by molar-refractivity contribution is 6.34. The van der Waals surface area contributed by atoms with E-state index in [1.54, 1.807) is 12.1 Å². The lowest BCUT2D eigenvalue weighted by molar-refractivity contribution is -0.130. The van der Waals surface area contributed by atoms with E-state index in [9.17, 15) is 4.79 Å². The number of carbonyl (C=O) groups is 1. The molecule has 3 aromatic rings. The molecule has 148 valence electrons. The fourth-order valence-electron chi connectivity index (χ4n) is 3.36. The second-order valence-corrected chi connectivity index (χ2v) is 7.65. The molecule has 6 heteroatoms. The highest BCUT2D eigenvalue weighted by atomic mass is 35.5. The SMILES string of the molecule is O=C(NCC(c1ccccc1)c1cc(Cl)cc(Cl)c1)C1COc2ccccc2O1. The minimum Gasteiger partial charge on any atom is -0.485 e. The average Bonchev–Trinajstić information content (AvgIpc) is 2.73. The summed E-state index contributed by atoms with van der Waals surface area (Å²) in [5.74, 6) is 0.883. The van der Waals surface area contributed by atoms with Crippen molar-refractivity contribution in [2.45, 2.75) is 12.0 Å². The summed E-state index contributed by atoms with van der Waals surface area (Å²) >= 11 is 12.4. The highest BCUT2D eigenvalue weighted by Gasteiger charge is 2.28. The van der Waals surface area contributed by atoms with Crippen LogP contribution in [-0.4, -0.2) is 25.2 Å². The molecule has 0 aromatic heterocycles. The Labute approximate surface area is 179 Å². The molecule has 4 nitrogen and oxygen atoms in total. The number of fused-ring (bicyclic) bond motifs is 1. The molecule has 2 unspecified atom stereocenters. The monoisotopic (exact) mass is 427 g/mol. The summed E-state index contributed by atoms with van der Waals surface area (Å²) in [6.45, 7) is 0.545. The molecule has 4 rings (SSSR count). The van der Waals surface area contributed by atoms with E-state index < -0.39 is 6.10 Å². The minimum atomic E-state index is -0.704. The third-order valence-corrected chi connectivity index (χ3v) is 5.21. The molecule has 0 radical (unpaired) electrons. The Kier molecular flexibility index (Phi) is 5.93. The quantitative estimate of drug-likeness (QED) is 0.617. The molecule has 1 aliphatic heterocycles. The number of benzene rings is 3. The molecule has 0 saturated heterocycles. The lowest BCUT2D eigenvalue weighted by Gasteiger charge is -2.26. The molecule has 1 N–H and O–H groups in total. The fourth-order valence-corrected chi connectivity index (χ4v) is 3.90. The van der Waals surface area contributed by atoms with Gasteiger partial charge in [-0.3, -0.25) is 4.79 Å². The van der Waals surface area contributed by atoms with Gasteiger partial charge in [0.2, 0.25) is 6.10 Å². The van der Waals surface area contributed by atoms with Gasteiger partial charge in [0.15, 0.2) is 11.5 Å². The zero-order valence-corrected chi connectivity index (χ0v) is 17.0. The van der Waals surface area contributed by atoms with Crippen molar-refractivity contribution in [2.24, 2.45) is 0 Å². The van der Waals surface area contributed by atoms with Crippen molar-refractivity contribution < 1.29 is 14.3 Å². The van der Waals surface area contributed by atoms with E-state index in [2.05, 4.69) is 5.32 Å². The predicted molar refractivity (Wildman–Crippen MR) is 114 cm³/mol. The zero-order chi connectivity index (χ0) is 20.2. The van der Waals surface area contributed by atoms with Gasteiger partial charge in [-0.05, 0) is 41.5 Å². The number of halogens is 2. The molecule has 1 aliphatic rings. The summed E-state index contributed by atoms with van der Waals surface area (Å²) in [5, 5.41) is 4.10. The van der Waals surface area contributed by atoms with E-state index in [0.717, 1.165) is 11.1 Å². The van der Waals surface area contributed by atoms with E-state index in [4.69, 9.17) is 32.7 Å². The molecule has 0 spiro atoms. The Morgan fingerprint density at radius 1 is 0.931 bits per heavy atom. The predicted octanol–water partition coefficient (Wildman–Crippen LogP) is 5.08. The first kappa shape index (κ1) is 19.6. The number of hydrogen-bond acceptors (Lipinski definition) is 3. The van der Waals surface area contributed by atoms with Crippen molar-refractivity contribution in [2.75, 3.05) is 13.2 Å². The molecule has 0 saturated carbocycles. The maximum Gasteiger partial charge on any atom is 0.264 e. The van der Waals surface area contributed by atoms with Crippen molar-refractivity contribution in [1.29, 1.82) is 0 Å². The van der Waals surface area contributed by atoms with Crippen molar-refractivity contribution >= 4 is 29.1 Å². The summed E-state index contributed by atoms with van der Waals surface area (Å²) in [5.41, 5.74) is 1.98. The third kappa shape index (κ3) is 4.66. The van der Waals surface area contributed by atoms with Crippen LogP contribution in [0.5, 0.6) is 11.5 Å². The molecule has 29 heavy (non-hydrogen) atoms. The van der Waals surface area contributed by atoms with Crippen LogP contribution in [0.15, 0.2) is 72.8 Å². The van der Waals surface area contributed by atoms with Gasteiger partial charge in [-0.15, -0.1) is 0 Å². The summed E-state index contributed by atoms with van der Waals surface area (Å²) in [4.78, 5) is 12.7.